The van der Waals surface area contributed by atoms with Crippen LogP contribution in [0.25, 0.3) is 0 Å². The van der Waals surface area contributed by atoms with Gasteiger partial charge in [-0.2, -0.15) is 5.48 Å². The zero-order chi connectivity index (χ0) is 19.3. The summed E-state index contributed by atoms with van der Waals surface area (Å²) in [4.78, 5) is 26.6. The van der Waals surface area contributed by atoms with Crippen molar-refractivity contribution in [1.82, 2.24) is 5.48 Å². The minimum atomic E-state index is -0.533. The van der Waals surface area contributed by atoms with Crippen LogP contribution in [0.2, 0.25) is 0 Å². The van der Waals surface area contributed by atoms with E-state index >= 15 is 0 Å². The maximum atomic E-state index is 11.6. The molecule has 3 rings (SSSR count). The van der Waals surface area contributed by atoms with Crippen LogP contribution in [0, 0.1) is 0 Å². The van der Waals surface area contributed by atoms with E-state index in [0.29, 0.717) is 0 Å². The van der Waals surface area contributed by atoms with E-state index in [9.17, 15) is 9.59 Å². The van der Waals surface area contributed by atoms with Crippen molar-refractivity contribution < 1.29 is 14.4 Å². The summed E-state index contributed by atoms with van der Waals surface area (Å²) in [5, 5.41) is 0. The van der Waals surface area contributed by atoms with E-state index in [1.54, 1.807) is 0 Å². The fourth-order valence-electron chi connectivity index (χ4n) is 2.48. The first-order valence-electron chi connectivity index (χ1n) is 9.71. The minimum Gasteiger partial charge on any atom is -0.341 e. The molecule has 0 bridgehead atoms. The highest BCUT2D eigenvalue weighted by atomic mass is 16.7. The van der Waals surface area contributed by atoms with Crippen LogP contribution in [0.15, 0.2) is 54.6 Å². The van der Waals surface area contributed by atoms with Crippen LogP contribution in [0.5, 0.6) is 0 Å². The summed E-state index contributed by atoms with van der Waals surface area (Å²) in [6.45, 7) is 1.24. The van der Waals surface area contributed by atoms with E-state index < -0.39 is 5.97 Å². The molecule has 1 N–H and O–H groups in total. The number of amides is 1. The molecule has 2 aromatic carbocycles. The van der Waals surface area contributed by atoms with Gasteiger partial charge >= 0.3 is 5.97 Å². The number of hydrogen-bond acceptors (Lipinski definition) is 3. The van der Waals surface area contributed by atoms with Crippen LogP contribution in [0.1, 0.15) is 55.7 Å². The third kappa shape index (κ3) is 10.2. The Bertz CT molecular complexity index is 691. The summed E-state index contributed by atoms with van der Waals surface area (Å²) in [6, 6.07) is 18.5. The van der Waals surface area contributed by atoms with Crippen molar-refractivity contribution in [3.63, 3.8) is 0 Å². The van der Waals surface area contributed by atoms with Crippen molar-refractivity contribution in [2.24, 2.45) is 0 Å². The van der Waals surface area contributed by atoms with Crippen molar-refractivity contribution >= 4 is 11.9 Å². The normalized spacial score (nSPS) is 11.7. The standard InChI is InChI=1S/C20H23NO3.C3H6/c1-16(22)24-21-20(23)15-19-13-11-18(12-14-19)10-6-5-9-17-7-3-2-4-8-17;1-2-3-1/h2-4,7-8,11-14H,5-6,9-10,15H2,1H3,(H,21,23);1-3H2. The maximum Gasteiger partial charge on any atom is 0.329 e. The number of hydroxylamine groups is 1. The molecule has 4 nitrogen and oxygen atoms in total. The number of carbonyl (C=O) groups is 2. The quantitative estimate of drug-likeness (QED) is 0.576. The van der Waals surface area contributed by atoms with Crippen molar-refractivity contribution in [2.45, 2.75) is 58.3 Å². The SMILES string of the molecule is C1CC1.CC(=O)ONC(=O)Cc1ccc(CCCCc2ccccc2)cc1. The summed E-state index contributed by atoms with van der Waals surface area (Å²) >= 11 is 0. The number of hydrogen-bond donors (Lipinski definition) is 1. The van der Waals surface area contributed by atoms with Gasteiger partial charge in [-0.05, 0) is 42.4 Å². The van der Waals surface area contributed by atoms with Gasteiger partial charge < -0.3 is 4.84 Å². The lowest BCUT2D eigenvalue weighted by atomic mass is 10.0. The third-order valence-electron chi connectivity index (χ3n) is 4.07. The molecule has 4 heteroatoms. The van der Waals surface area contributed by atoms with E-state index in [0.717, 1.165) is 31.2 Å². The molecule has 1 amide bonds. The van der Waals surface area contributed by atoms with Gasteiger partial charge in [0.15, 0.2) is 0 Å². The van der Waals surface area contributed by atoms with Crippen LogP contribution in [0.3, 0.4) is 0 Å². The highest BCUT2D eigenvalue weighted by Gasteiger charge is 2.05. The minimum absolute atomic E-state index is 0.196. The number of rotatable bonds is 7. The molecule has 0 saturated heterocycles. The summed E-state index contributed by atoms with van der Waals surface area (Å²) in [5.41, 5.74) is 5.66. The lowest BCUT2D eigenvalue weighted by molar-refractivity contribution is -0.155. The predicted molar refractivity (Wildman–Crippen MR) is 107 cm³/mol. The van der Waals surface area contributed by atoms with Crippen molar-refractivity contribution in [3.05, 3.63) is 71.3 Å². The van der Waals surface area contributed by atoms with Gasteiger partial charge in [-0.25, -0.2) is 0 Å². The van der Waals surface area contributed by atoms with E-state index in [4.69, 9.17) is 0 Å². The zero-order valence-corrected chi connectivity index (χ0v) is 16.1. The first kappa shape index (κ1) is 20.7. The second-order valence-electron chi connectivity index (χ2n) is 6.87. The highest BCUT2D eigenvalue weighted by Crippen LogP contribution is 2.15. The van der Waals surface area contributed by atoms with Crippen LogP contribution in [-0.4, -0.2) is 11.9 Å². The molecular weight excluding hydrogens is 338 g/mol. The molecule has 0 heterocycles. The Labute approximate surface area is 161 Å². The van der Waals surface area contributed by atoms with Crippen molar-refractivity contribution in [2.75, 3.05) is 0 Å². The van der Waals surface area contributed by atoms with Gasteiger partial charge in [0.1, 0.15) is 0 Å². The Morgan fingerprint density at radius 2 is 1.33 bits per heavy atom. The predicted octanol–water partition coefficient (Wildman–Crippen LogP) is 4.56. The molecule has 1 aliphatic rings. The molecule has 0 radical (unpaired) electrons. The number of carbonyl (C=O) groups excluding carboxylic acids is 2. The fourth-order valence-corrected chi connectivity index (χ4v) is 2.48. The molecule has 1 aliphatic carbocycles. The molecule has 0 aliphatic heterocycles. The van der Waals surface area contributed by atoms with Crippen LogP contribution < -0.4 is 5.48 Å². The summed E-state index contributed by atoms with van der Waals surface area (Å²) in [5.74, 6) is -0.866. The van der Waals surface area contributed by atoms with Crippen molar-refractivity contribution in [1.29, 1.82) is 0 Å². The van der Waals surface area contributed by atoms with E-state index in [1.807, 2.05) is 18.2 Å². The second-order valence-corrected chi connectivity index (χ2v) is 6.87. The Morgan fingerprint density at radius 3 is 1.85 bits per heavy atom. The molecule has 144 valence electrons. The molecule has 0 aromatic heterocycles. The second kappa shape index (κ2) is 11.9. The van der Waals surface area contributed by atoms with Gasteiger partial charge in [0, 0.05) is 6.92 Å². The van der Waals surface area contributed by atoms with E-state index in [-0.39, 0.29) is 12.3 Å². The van der Waals surface area contributed by atoms with Gasteiger partial charge in [0.05, 0.1) is 6.42 Å². The maximum absolute atomic E-state index is 11.6. The summed E-state index contributed by atoms with van der Waals surface area (Å²) in [7, 11) is 0. The van der Waals surface area contributed by atoms with Gasteiger partial charge in [-0.15, -0.1) is 0 Å². The average Bonchev–Trinajstić information content (AvgIpc) is 3.55. The Morgan fingerprint density at radius 1 is 0.815 bits per heavy atom. The molecule has 2 aromatic rings. The third-order valence-corrected chi connectivity index (χ3v) is 4.07. The lowest BCUT2D eigenvalue weighted by Gasteiger charge is -2.06. The Hall–Kier alpha value is -2.62. The molecule has 1 fully saturated rings. The largest absolute Gasteiger partial charge is 0.341 e. The summed E-state index contributed by atoms with van der Waals surface area (Å²) in [6.07, 6.45) is 9.14. The fraction of sp³-hybridized carbons (Fsp3) is 0.391. The van der Waals surface area contributed by atoms with Gasteiger partial charge in [0.25, 0.3) is 5.91 Å². The molecular formula is C23H29NO3. The molecule has 27 heavy (non-hydrogen) atoms. The summed E-state index contributed by atoms with van der Waals surface area (Å²) < 4.78 is 0. The lowest BCUT2D eigenvalue weighted by Crippen LogP contribution is -2.27. The van der Waals surface area contributed by atoms with Crippen LogP contribution >= 0.6 is 0 Å². The number of nitrogens with one attached hydrogen (secondary N) is 1. The van der Waals surface area contributed by atoms with Gasteiger partial charge in [-0.3, -0.25) is 9.59 Å². The Balaban J connectivity index is 0.000000789. The smallest absolute Gasteiger partial charge is 0.329 e. The zero-order valence-electron chi connectivity index (χ0n) is 16.1. The molecule has 0 spiro atoms. The van der Waals surface area contributed by atoms with E-state index in [1.165, 1.54) is 37.3 Å². The molecule has 1 saturated carbocycles. The monoisotopic (exact) mass is 367 g/mol. The number of benzene rings is 2. The number of unbranched alkanes of at least 4 members (excludes halogenated alkanes) is 1. The molecule has 0 unspecified atom stereocenters. The van der Waals surface area contributed by atoms with Crippen LogP contribution in [0.4, 0.5) is 0 Å². The Kier molecular flexibility index (Phi) is 9.11. The van der Waals surface area contributed by atoms with E-state index in [2.05, 4.69) is 46.7 Å². The first-order valence-corrected chi connectivity index (χ1v) is 9.71. The highest BCUT2D eigenvalue weighted by molar-refractivity contribution is 5.79. The van der Waals surface area contributed by atoms with Gasteiger partial charge in [0.2, 0.25) is 0 Å². The van der Waals surface area contributed by atoms with Gasteiger partial charge in [-0.1, -0.05) is 73.9 Å². The molecule has 0 atom stereocenters. The average molecular weight is 367 g/mol. The van der Waals surface area contributed by atoms with Crippen molar-refractivity contribution in [3.8, 4) is 0 Å². The number of aryl methyl sites for hydroxylation is 2. The topological polar surface area (TPSA) is 55.4 Å². The first-order chi connectivity index (χ1) is 13.1. The van der Waals surface area contributed by atoms with Crippen LogP contribution in [-0.2, 0) is 33.7 Å².